The molecule has 0 aliphatic rings. The largest absolute Gasteiger partial charge is 0.481 e. The fourth-order valence-electron chi connectivity index (χ4n) is 2.63. The maximum Gasteiger partial charge on any atom is 0.319 e. The van der Waals surface area contributed by atoms with Gasteiger partial charge in [0.25, 0.3) is 0 Å². The van der Waals surface area contributed by atoms with Crippen LogP contribution in [0.15, 0.2) is 18.2 Å². The Morgan fingerprint density at radius 1 is 1.08 bits per heavy atom. The van der Waals surface area contributed by atoms with E-state index in [4.69, 9.17) is 5.11 Å². The van der Waals surface area contributed by atoms with Gasteiger partial charge in [-0.3, -0.25) is 4.79 Å². The first-order valence-electron chi connectivity index (χ1n) is 8.47. The Bertz CT molecular complexity index is 566. The summed E-state index contributed by atoms with van der Waals surface area (Å²) in [6.07, 6.45) is 0.395. The average Bonchev–Trinajstić information content (AvgIpc) is 2.44. The first kappa shape index (κ1) is 20.0. The van der Waals surface area contributed by atoms with Crippen molar-refractivity contribution >= 4 is 17.7 Å². The van der Waals surface area contributed by atoms with Crippen molar-refractivity contribution in [3.05, 3.63) is 29.3 Å². The molecule has 0 saturated carbocycles. The molecule has 0 aliphatic carbocycles. The Morgan fingerprint density at radius 3 is 2.00 bits per heavy atom. The highest BCUT2D eigenvalue weighted by molar-refractivity contribution is 5.91. The van der Waals surface area contributed by atoms with Crippen molar-refractivity contribution in [2.24, 2.45) is 0 Å². The number of aliphatic carboxylic acids is 1. The summed E-state index contributed by atoms with van der Waals surface area (Å²) in [5.41, 5.74) is 2.46. The third-order valence-electron chi connectivity index (χ3n) is 4.03. The summed E-state index contributed by atoms with van der Waals surface area (Å²) in [6.45, 7) is 12.0. The number of benzene rings is 1. The van der Waals surface area contributed by atoms with Gasteiger partial charge in [-0.15, -0.1) is 0 Å². The lowest BCUT2D eigenvalue weighted by atomic mass is 9.92. The zero-order chi connectivity index (χ0) is 18.5. The van der Waals surface area contributed by atoms with Crippen LogP contribution in [0.3, 0.4) is 0 Å². The second-order valence-electron chi connectivity index (χ2n) is 7.48. The van der Waals surface area contributed by atoms with Gasteiger partial charge in [-0.25, -0.2) is 4.79 Å². The fourth-order valence-corrected chi connectivity index (χ4v) is 2.63. The number of rotatable bonds is 7. The predicted octanol–water partition coefficient (Wildman–Crippen LogP) is 4.70. The Labute approximate surface area is 144 Å². The second-order valence-corrected chi connectivity index (χ2v) is 7.48. The molecule has 5 nitrogen and oxygen atoms in total. The minimum atomic E-state index is -0.863. The van der Waals surface area contributed by atoms with Crippen LogP contribution in [-0.4, -0.2) is 22.6 Å². The molecular formula is C19H30N2O3. The monoisotopic (exact) mass is 334 g/mol. The summed E-state index contributed by atoms with van der Waals surface area (Å²) in [5.74, 6) is -0.282. The van der Waals surface area contributed by atoms with Crippen LogP contribution >= 0.6 is 0 Å². The molecule has 0 atom stereocenters. The Morgan fingerprint density at radius 2 is 1.58 bits per heavy atom. The van der Waals surface area contributed by atoms with E-state index in [-0.39, 0.29) is 12.5 Å². The smallest absolute Gasteiger partial charge is 0.319 e. The maximum atomic E-state index is 12.5. The number of amides is 2. The highest BCUT2D eigenvalue weighted by atomic mass is 16.4. The molecule has 5 heteroatoms. The molecule has 0 aliphatic heterocycles. The van der Waals surface area contributed by atoms with E-state index in [1.165, 1.54) is 0 Å². The Balaban J connectivity index is 2.95. The summed E-state index contributed by atoms with van der Waals surface area (Å²) in [7, 11) is 0. The highest BCUT2D eigenvalue weighted by Gasteiger charge is 2.23. The lowest BCUT2D eigenvalue weighted by molar-refractivity contribution is -0.137. The summed E-state index contributed by atoms with van der Waals surface area (Å²) < 4.78 is 0. The van der Waals surface area contributed by atoms with E-state index >= 15 is 0 Å². The normalized spacial score (nSPS) is 11.7. The number of carbonyl (C=O) groups excluding carboxylic acids is 1. The van der Waals surface area contributed by atoms with Crippen molar-refractivity contribution in [3.63, 3.8) is 0 Å². The molecule has 1 aromatic carbocycles. The van der Waals surface area contributed by atoms with Gasteiger partial charge >= 0.3 is 12.0 Å². The van der Waals surface area contributed by atoms with Gasteiger partial charge in [0.15, 0.2) is 0 Å². The first-order valence-corrected chi connectivity index (χ1v) is 8.47. The topological polar surface area (TPSA) is 78.4 Å². The van der Waals surface area contributed by atoms with E-state index in [9.17, 15) is 9.59 Å². The Hall–Kier alpha value is -2.04. The molecule has 0 heterocycles. The maximum absolute atomic E-state index is 12.5. The second kappa shape index (κ2) is 8.18. The van der Waals surface area contributed by atoms with E-state index in [1.807, 2.05) is 32.0 Å². The first-order chi connectivity index (χ1) is 11.0. The number of carboxylic acid groups (broad SMARTS) is 1. The molecule has 0 radical (unpaired) electrons. The third-order valence-corrected chi connectivity index (χ3v) is 4.03. The number of carboxylic acids is 1. The molecule has 0 bridgehead atoms. The van der Waals surface area contributed by atoms with E-state index in [0.717, 1.165) is 16.8 Å². The minimum absolute atomic E-state index is 0.0209. The summed E-state index contributed by atoms with van der Waals surface area (Å²) in [4.78, 5) is 23.2. The molecule has 2 amide bonds. The summed E-state index contributed by atoms with van der Waals surface area (Å²) in [6, 6.07) is 5.77. The number of nitrogens with one attached hydrogen (secondary N) is 2. The van der Waals surface area contributed by atoms with Gasteiger partial charge in [0.2, 0.25) is 0 Å². The SMILES string of the molecule is CC(C)c1cccc(C(C)C)c1NC(=O)NC(C)(C)CCC(=O)O. The summed E-state index contributed by atoms with van der Waals surface area (Å²) >= 11 is 0. The van der Waals surface area contributed by atoms with Gasteiger partial charge in [-0.05, 0) is 43.2 Å². The van der Waals surface area contributed by atoms with Crippen LogP contribution in [0, 0.1) is 0 Å². The molecule has 24 heavy (non-hydrogen) atoms. The minimum Gasteiger partial charge on any atom is -0.481 e. The van der Waals surface area contributed by atoms with Crippen molar-refractivity contribution in [2.75, 3.05) is 5.32 Å². The van der Waals surface area contributed by atoms with Gasteiger partial charge in [0.05, 0.1) is 0 Å². The van der Waals surface area contributed by atoms with Crippen molar-refractivity contribution in [3.8, 4) is 0 Å². The quantitative estimate of drug-likeness (QED) is 0.676. The number of carbonyl (C=O) groups is 2. The molecule has 1 rings (SSSR count). The van der Waals surface area contributed by atoms with Gasteiger partial charge in [-0.1, -0.05) is 45.9 Å². The third kappa shape index (κ3) is 5.87. The highest BCUT2D eigenvalue weighted by Crippen LogP contribution is 2.32. The van der Waals surface area contributed by atoms with Crippen LogP contribution < -0.4 is 10.6 Å². The van der Waals surface area contributed by atoms with E-state index in [0.29, 0.717) is 18.3 Å². The van der Waals surface area contributed by atoms with Crippen molar-refractivity contribution < 1.29 is 14.7 Å². The molecule has 1 aromatic rings. The molecule has 0 unspecified atom stereocenters. The number of para-hydroxylation sites is 1. The standard InChI is InChI=1S/C19H30N2O3/c1-12(2)14-8-7-9-15(13(3)4)17(14)20-18(24)21-19(5,6)11-10-16(22)23/h7-9,12-13H,10-11H2,1-6H3,(H,22,23)(H2,20,21,24). The molecule has 134 valence electrons. The lowest BCUT2D eigenvalue weighted by Crippen LogP contribution is -2.46. The molecule has 0 fully saturated rings. The van der Waals surface area contributed by atoms with E-state index in [1.54, 1.807) is 0 Å². The molecular weight excluding hydrogens is 304 g/mol. The zero-order valence-corrected chi connectivity index (χ0v) is 15.6. The van der Waals surface area contributed by atoms with Crippen LogP contribution in [0.5, 0.6) is 0 Å². The van der Waals surface area contributed by atoms with Crippen molar-refractivity contribution in [1.29, 1.82) is 0 Å². The lowest BCUT2D eigenvalue weighted by Gasteiger charge is -2.27. The van der Waals surface area contributed by atoms with Gasteiger partial charge < -0.3 is 15.7 Å². The molecule has 0 saturated heterocycles. The fraction of sp³-hybridized carbons (Fsp3) is 0.579. The van der Waals surface area contributed by atoms with Crippen LogP contribution in [-0.2, 0) is 4.79 Å². The van der Waals surface area contributed by atoms with Crippen molar-refractivity contribution in [2.45, 2.75) is 71.8 Å². The Kier molecular flexibility index (Phi) is 6.81. The number of anilines is 1. The van der Waals surface area contributed by atoms with Crippen LogP contribution in [0.2, 0.25) is 0 Å². The van der Waals surface area contributed by atoms with Gasteiger partial charge in [-0.2, -0.15) is 0 Å². The van der Waals surface area contributed by atoms with Crippen LogP contribution in [0.25, 0.3) is 0 Å². The van der Waals surface area contributed by atoms with Crippen molar-refractivity contribution in [1.82, 2.24) is 5.32 Å². The summed E-state index contributed by atoms with van der Waals surface area (Å²) in [5, 5.41) is 14.7. The molecule has 3 N–H and O–H groups in total. The molecule has 0 aromatic heterocycles. The number of urea groups is 1. The van der Waals surface area contributed by atoms with E-state index in [2.05, 4.69) is 38.3 Å². The number of hydrogen-bond acceptors (Lipinski definition) is 2. The van der Waals surface area contributed by atoms with Crippen LogP contribution in [0.4, 0.5) is 10.5 Å². The van der Waals surface area contributed by atoms with Crippen LogP contribution in [0.1, 0.15) is 77.3 Å². The predicted molar refractivity (Wildman–Crippen MR) is 97.7 cm³/mol. The average molecular weight is 334 g/mol. The zero-order valence-electron chi connectivity index (χ0n) is 15.6. The van der Waals surface area contributed by atoms with E-state index < -0.39 is 11.5 Å². The van der Waals surface area contributed by atoms with Gasteiger partial charge in [0, 0.05) is 17.6 Å². The molecule has 0 spiro atoms. The number of hydrogen-bond donors (Lipinski definition) is 3. The van der Waals surface area contributed by atoms with Gasteiger partial charge in [0.1, 0.15) is 0 Å².